The van der Waals surface area contributed by atoms with E-state index in [4.69, 9.17) is 4.52 Å². The molecule has 0 aliphatic carbocycles. The van der Waals surface area contributed by atoms with E-state index in [0.29, 0.717) is 17.4 Å². The van der Waals surface area contributed by atoms with Gasteiger partial charge in [0.25, 0.3) is 5.91 Å². The lowest BCUT2D eigenvalue weighted by Gasteiger charge is -2.00. The molecule has 1 N–H and O–H groups in total. The predicted molar refractivity (Wildman–Crippen MR) is 97.4 cm³/mol. The van der Waals surface area contributed by atoms with E-state index in [1.54, 1.807) is 29.9 Å². The molecule has 1 aromatic carbocycles. The zero-order valence-corrected chi connectivity index (χ0v) is 15.0. The topological polar surface area (TPSA) is 85.8 Å². The molecular weight excluding hydrogens is 369 g/mol. The van der Waals surface area contributed by atoms with Crippen molar-refractivity contribution in [2.24, 2.45) is 7.05 Å². The normalized spacial score (nSPS) is 10.9. The lowest BCUT2D eigenvalue weighted by molar-refractivity contribution is 0.0940. The van der Waals surface area contributed by atoms with Crippen molar-refractivity contribution < 1.29 is 13.7 Å². The van der Waals surface area contributed by atoms with Crippen molar-refractivity contribution in [1.29, 1.82) is 0 Å². The Bertz CT molecular complexity index is 1070. The minimum atomic E-state index is -0.366. The Kier molecular flexibility index (Phi) is 4.51. The largest absolute Gasteiger partial charge is 0.342 e. The van der Waals surface area contributed by atoms with E-state index in [9.17, 15) is 9.18 Å². The van der Waals surface area contributed by atoms with Crippen molar-refractivity contribution in [2.75, 3.05) is 0 Å². The molecule has 0 radical (unpaired) electrons. The van der Waals surface area contributed by atoms with Gasteiger partial charge in [-0.3, -0.25) is 9.48 Å². The number of amides is 1. The quantitative estimate of drug-likeness (QED) is 0.572. The Morgan fingerprint density at radius 1 is 1.30 bits per heavy atom. The number of carbonyl (C=O) groups excluding carboxylic acids is 1. The summed E-state index contributed by atoms with van der Waals surface area (Å²) in [5, 5.41) is 12.7. The van der Waals surface area contributed by atoms with Crippen LogP contribution in [0.3, 0.4) is 0 Å². The third-order valence-corrected chi connectivity index (χ3v) is 4.73. The molecular formula is C18H14FN5O2S. The number of halogens is 1. The minimum Gasteiger partial charge on any atom is -0.342 e. The molecule has 7 nitrogen and oxygen atoms in total. The van der Waals surface area contributed by atoms with Gasteiger partial charge in [0.1, 0.15) is 5.82 Å². The monoisotopic (exact) mass is 383 g/mol. The van der Waals surface area contributed by atoms with Crippen LogP contribution in [0.2, 0.25) is 0 Å². The number of hydrogen-bond acceptors (Lipinski definition) is 6. The summed E-state index contributed by atoms with van der Waals surface area (Å²) in [6.07, 6.45) is 0. The van der Waals surface area contributed by atoms with Crippen molar-refractivity contribution in [3.8, 4) is 22.0 Å². The molecule has 3 aromatic heterocycles. The highest BCUT2D eigenvalue weighted by Gasteiger charge is 2.16. The van der Waals surface area contributed by atoms with Crippen LogP contribution in [0.15, 0.2) is 52.4 Å². The number of carbonyl (C=O) groups is 1. The van der Waals surface area contributed by atoms with Crippen LogP contribution < -0.4 is 5.32 Å². The molecule has 0 aliphatic rings. The Morgan fingerprint density at radius 2 is 2.11 bits per heavy atom. The van der Waals surface area contributed by atoms with E-state index in [0.717, 1.165) is 10.4 Å². The van der Waals surface area contributed by atoms with Crippen LogP contribution in [-0.4, -0.2) is 25.8 Å². The van der Waals surface area contributed by atoms with Crippen LogP contribution in [0.5, 0.6) is 0 Å². The molecule has 0 saturated carbocycles. The predicted octanol–water partition coefficient (Wildman–Crippen LogP) is 3.27. The number of thiophene rings is 1. The SMILES string of the molecule is Cn1nc(C(=O)NCc2nc(-c3cccs3)no2)cc1-c1ccc(F)cc1. The number of benzene rings is 1. The van der Waals surface area contributed by atoms with E-state index in [1.165, 1.54) is 23.5 Å². The fraction of sp³-hybridized carbons (Fsp3) is 0.111. The number of aryl methyl sites for hydroxylation is 1. The zero-order chi connectivity index (χ0) is 18.8. The number of nitrogens with zero attached hydrogens (tertiary/aromatic N) is 4. The van der Waals surface area contributed by atoms with Gasteiger partial charge in [0.2, 0.25) is 11.7 Å². The first-order valence-electron chi connectivity index (χ1n) is 8.05. The van der Waals surface area contributed by atoms with Gasteiger partial charge in [-0.2, -0.15) is 10.1 Å². The maximum Gasteiger partial charge on any atom is 0.272 e. The molecule has 0 spiro atoms. The number of aromatic nitrogens is 4. The van der Waals surface area contributed by atoms with Gasteiger partial charge in [0.05, 0.1) is 17.1 Å². The molecule has 0 bridgehead atoms. The van der Waals surface area contributed by atoms with Crippen LogP contribution in [0.4, 0.5) is 4.39 Å². The van der Waals surface area contributed by atoms with Crippen molar-refractivity contribution in [2.45, 2.75) is 6.54 Å². The second-order valence-corrected chi connectivity index (χ2v) is 6.66. The maximum atomic E-state index is 13.1. The Balaban J connectivity index is 1.44. The van der Waals surface area contributed by atoms with Crippen molar-refractivity contribution >= 4 is 17.2 Å². The Labute approximate surface area is 157 Å². The highest BCUT2D eigenvalue weighted by Crippen LogP contribution is 2.22. The minimum absolute atomic E-state index is 0.0969. The highest BCUT2D eigenvalue weighted by atomic mass is 32.1. The summed E-state index contributed by atoms with van der Waals surface area (Å²) in [6.45, 7) is 0.0969. The van der Waals surface area contributed by atoms with E-state index in [1.807, 2.05) is 17.5 Å². The highest BCUT2D eigenvalue weighted by molar-refractivity contribution is 7.13. The number of nitrogens with one attached hydrogen (secondary N) is 1. The summed E-state index contributed by atoms with van der Waals surface area (Å²) in [5.74, 6) is 0.113. The summed E-state index contributed by atoms with van der Waals surface area (Å²) in [6, 6.07) is 11.4. The average Bonchev–Trinajstić information content (AvgIpc) is 3.41. The molecule has 4 aromatic rings. The standard InChI is InChI=1S/C18H14FN5O2S/c1-24-14(11-4-6-12(19)7-5-11)9-13(22-24)18(25)20-10-16-21-17(23-26-16)15-3-2-8-27-15/h2-9H,10H2,1H3,(H,20,25). The summed E-state index contributed by atoms with van der Waals surface area (Å²) in [7, 11) is 1.72. The summed E-state index contributed by atoms with van der Waals surface area (Å²) in [5.41, 5.74) is 1.72. The van der Waals surface area contributed by atoms with E-state index < -0.39 is 0 Å². The molecule has 0 atom stereocenters. The number of hydrogen-bond donors (Lipinski definition) is 1. The first kappa shape index (κ1) is 17.1. The van der Waals surface area contributed by atoms with E-state index >= 15 is 0 Å². The Hall–Kier alpha value is -3.33. The molecule has 0 unspecified atom stereocenters. The summed E-state index contributed by atoms with van der Waals surface area (Å²) in [4.78, 5) is 17.5. The molecule has 0 saturated heterocycles. The third kappa shape index (κ3) is 3.63. The molecule has 0 fully saturated rings. The maximum absolute atomic E-state index is 13.1. The van der Waals surface area contributed by atoms with Crippen molar-refractivity contribution in [3.63, 3.8) is 0 Å². The fourth-order valence-electron chi connectivity index (χ4n) is 2.55. The smallest absolute Gasteiger partial charge is 0.272 e. The molecule has 27 heavy (non-hydrogen) atoms. The zero-order valence-electron chi connectivity index (χ0n) is 14.2. The van der Waals surface area contributed by atoms with Crippen LogP contribution in [-0.2, 0) is 13.6 Å². The lowest BCUT2D eigenvalue weighted by atomic mass is 10.1. The first-order valence-corrected chi connectivity index (χ1v) is 8.93. The fourth-order valence-corrected chi connectivity index (χ4v) is 3.20. The van der Waals surface area contributed by atoms with Gasteiger partial charge in [0, 0.05) is 7.05 Å². The van der Waals surface area contributed by atoms with Gasteiger partial charge in [-0.1, -0.05) is 11.2 Å². The van der Waals surface area contributed by atoms with Gasteiger partial charge in [0.15, 0.2) is 5.69 Å². The summed E-state index contributed by atoms with van der Waals surface area (Å²) < 4.78 is 19.8. The van der Waals surface area contributed by atoms with Gasteiger partial charge < -0.3 is 9.84 Å². The lowest BCUT2D eigenvalue weighted by Crippen LogP contribution is -2.23. The van der Waals surface area contributed by atoms with Crippen LogP contribution in [0, 0.1) is 5.82 Å². The van der Waals surface area contributed by atoms with Crippen molar-refractivity contribution in [3.05, 3.63) is 65.2 Å². The molecule has 9 heteroatoms. The van der Waals surface area contributed by atoms with Gasteiger partial charge in [-0.25, -0.2) is 4.39 Å². The summed E-state index contributed by atoms with van der Waals surface area (Å²) >= 11 is 1.51. The molecule has 0 aliphatic heterocycles. The molecule has 1 amide bonds. The first-order chi connectivity index (χ1) is 13.1. The van der Waals surface area contributed by atoms with E-state index in [-0.39, 0.29) is 24.0 Å². The van der Waals surface area contributed by atoms with Crippen LogP contribution in [0.1, 0.15) is 16.4 Å². The van der Waals surface area contributed by atoms with Gasteiger partial charge >= 0.3 is 0 Å². The average molecular weight is 383 g/mol. The third-order valence-electron chi connectivity index (χ3n) is 3.86. The molecule has 136 valence electrons. The van der Waals surface area contributed by atoms with E-state index in [2.05, 4.69) is 20.6 Å². The molecule has 4 rings (SSSR count). The van der Waals surface area contributed by atoms with Crippen molar-refractivity contribution in [1.82, 2.24) is 25.2 Å². The van der Waals surface area contributed by atoms with Crippen LogP contribution >= 0.6 is 11.3 Å². The van der Waals surface area contributed by atoms with Crippen LogP contribution in [0.25, 0.3) is 22.0 Å². The second kappa shape index (κ2) is 7.12. The number of rotatable bonds is 5. The Morgan fingerprint density at radius 3 is 2.85 bits per heavy atom. The van der Waals surface area contributed by atoms with Gasteiger partial charge in [-0.15, -0.1) is 11.3 Å². The van der Waals surface area contributed by atoms with Gasteiger partial charge in [-0.05, 0) is 47.3 Å². The second-order valence-electron chi connectivity index (χ2n) is 5.72. The molecule has 3 heterocycles.